The van der Waals surface area contributed by atoms with E-state index in [1.807, 2.05) is 0 Å². The van der Waals surface area contributed by atoms with Gasteiger partial charge in [-0.2, -0.15) is 0 Å². The Hall–Kier alpha value is -2.11. The average Bonchev–Trinajstić information content (AvgIpc) is 2.35. The molecule has 98 valence electrons. The van der Waals surface area contributed by atoms with E-state index in [9.17, 15) is 19.5 Å². The van der Waals surface area contributed by atoms with Gasteiger partial charge in [0, 0.05) is 17.8 Å². The summed E-state index contributed by atoms with van der Waals surface area (Å²) in [6, 6.07) is 2.56. The largest absolute Gasteiger partial charge is 0.480 e. The van der Waals surface area contributed by atoms with E-state index < -0.39 is 23.0 Å². The molecule has 0 aliphatic rings. The average molecular weight is 252 g/mol. The summed E-state index contributed by atoms with van der Waals surface area (Å²) in [7, 11) is 0. The lowest BCUT2D eigenvalue weighted by Gasteiger charge is -2.27. The first-order valence-electron chi connectivity index (χ1n) is 5.70. The first kappa shape index (κ1) is 14.0. The highest BCUT2D eigenvalue weighted by atomic mass is 16.4. The fourth-order valence-electron chi connectivity index (χ4n) is 1.66. The molecule has 0 saturated carbocycles. The van der Waals surface area contributed by atoms with Crippen LogP contribution in [0.4, 0.5) is 0 Å². The van der Waals surface area contributed by atoms with Crippen molar-refractivity contribution < 1.29 is 14.7 Å². The molecule has 0 radical (unpaired) electrons. The minimum absolute atomic E-state index is 0.145. The van der Waals surface area contributed by atoms with Crippen molar-refractivity contribution in [3.8, 4) is 0 Å². The third-order valence-corrected chi connectivity index (χ3v) is 3.01. The predicted molar refractivity (Wildman–Crippen MR) is 65.5 cm³/mol. The number of hydrogen-bond acceptors (Lipinski definition) is 3. The summed E-state index contributed by atoms with van der Waals surface area (Å²) in [6.07, 6.45) is 1.89. The Morgan fingerprint density at radius 2 is 2.00 bits per heavy atom. The Balaban J connectivity index is 2.99. The number of nitrogens with one attached hydrogen (secondary N) is 2. The molecule has 0 aromatic carbocycles. The van der Waals surface area contributed by atoms with Crippen LogP contribution in [0.2, 0.25) is 0 Å². The Labute approximate surface area is 104 Å². The molecule has 1 aromatic heterocycles. The van der Waals surface area contributed by atoms with Crippen molar-refractivity contribution in [2.75, 3.05) is 0 Å². The zero-order chi connectivity index (χ0) is 13.8. The van der Waals surface area contributed by atoms with E-state index in [1.165, 1.54) is 12.3 Å². The van der Waals surface area contributed by atoms with E-state index in [0.29, 0.717) is 0 Å². The molecule has 1 amide bonds. The molecule has 6 nitrogen and oxygen atoms in total. The molecule has 1 heterocycles. The zero-order valence-corrected chi connectivity index (χ0v) is 10.3. The van der Waals surface area contributed by atoms with Crippen LogP contribution in [0.1, 0.15) is 37.0 Å². The van der Waals surface area contributed by atoms with Crippen LogP contribution in [0.5, 0.6) is 0 Å². The first-order chi connectivity index (χ1) is 8.45. The molecule has 18 heavy (non-hydrogen) atoms. The number of carbonyl (C=O) groups excluding carboxylic acids is 1. The van der Waals surface area contributed by atoms with Crippen molar-refractivity contribution in [1.29, 1.82) is 0 Å². The van der Waals surface area contributed by atoms with Crippen molar-refractivity contribution in [3.05, 3.63) is 34.2 Å². The molecule has 0 unspecified atom stereocenters. The molecule has 1 rings (SSSR count). The van der Waals surface area contributed by atoms with Gasteiger partial charge in [0.05, 0.1) is 0 Å². The zero-order valence-electron chi connectivity index (χ0n) is 10.3. The number of hydrogen-bond donors (Lipinski definition) is 3. The van der Waals surface area contributed by atoms with Crippen LogP contribution in [-0.4, -0.2) is 27.5 Å². The molecule has 3 N–H and O–H groups in total. The van der Waals surface area contributed by atoms with Crippen molar-refractivity contribution in [2.45, 2.75) is 32.2 Å². The predicted octanol–water partition coefficient (Wildman–Crippen LogP) is 0.748. The van der Waals surface area contributed by atoms with Crippen LogP contribution in [-0.2, 0) is 4.79 Å². The molecule has 0 fully saturated rings. The summed E-state index contributed by atoms with van der Waals surface area (Å²) in [6.45, 7) is 3.38. The molecular formula is C12H16N2O4. The standard InChI is InChI=1S/C12H16N2O4/c1-3-12(4-2,11(17)18)14-10(16)8-5-6-13-9(15)7-8/h5-7H,3-4H2,1-2H3,(H,13,15)(H,14,16)(H,17,18). The van der Waals surface area contributed by atoms with Crippen molar-refractivity contribution in [3.63, 3.8) is 0 Å². The number of carbonyl (C=O) groups is 2. The van der Waals surface area contributed by atoms with Gasteiger partial charge in [0.25, 0.3) is 5.91 Å². The Morgan fingerprint density at radius 1 is 1.39 bits per heavy atom. The van der Waals surface area contributed by atoms with E-state index in [1.54, 1.807) is 13.8 Å². The molecule has 0 aliphatic heterocycles. The number of H-pyrrole nitrogens is 1. The molecule has 0 aliphatic carbocycles. The number of pyridine rings is 1. The number of rotatable bonds is 5. The smallest absolute Gasteiger partial charge is 0.329 e. The normalized spacial score (nSPS) is 11.0. The van der Waals surface area contributed by atoms with Gasteiger partial charge in [-0.05, 0) is 18.9 Å². The molecule has 0 spiro atoms. The number of aromatic nitrogens is 1. The lowest BCUT2D eigenvalue weighted by atomic mass is 9.92. The fraction of sp³-hybridized carbons (Fsp3) is 0.417. The number of carboxylic acid groups (broad SMARTS) is 1. The molecule has 0 saturated heterocycles. The van der Waals surface area contributed by atoms with Gasteiger partial charge in [-0.3, -0.25) is 9.59 Å². The highest BCUT2D eigenvalue weighted by molar-refractivity contribution is 5.97. The maximum Gasteiger partial charge on any atom is 0.329 e. The van der Waals surface area contributed by atoms with Crippen molar-refractivity contribution >= 4 is 11.9 Å². The summed E-state index contributed by atoms with van der Waals surface area (Å²) in [4.78, 5) is 36.6. The Kier molecular flexibility index (Phi) is 4.25. The van der Waals surface area contributed by atoms with Gasteiger partial charge in [0.15, 0.2) is 0 Å². The summed E-state index contributed by atoms with van der Waals surface area (Å²) < 4.78 is 0. The first-order valence-corrected chi connectivity index (χ1v) is 5.70. The summed E-state index contributed by atoms with van der Waals surface area (Å²) in [5.74, 6) is -1.64. The van der Waals surface area contributed by atoms with E-state index in [-0.39, 0.29) is 18.4 Å². The van der Waals surface area contributed by atoms with Gasteiger partial charge in [-0.1, -0.05) is 13.8 Å². The quantitative estimate of drug-likeness (QED) is 0.720. The number of amides is 1. The molecular weight excluding hydrogens is 236 g/mol. The third-order valence-electron chi connectivity index (χ3n) is 3.01. The fourth-order valence-corrected chi connectivity index (χ4v) is 1.66. The van der Waals surface area contributed by atoms with Gasteiger partial charge >= 0.3 is 5.97 Å². The minimum Gasteiger partial charge on any atom is -0.480 e. The van der Waals surface area contributed by atoms with Crippen molar-refractivity contribution in [1.82, 2.24) is 10.3 Å². The van der Waals surface area contributed by atoms with Gasteiger partial charge in [-0.25, -0.2) is 4.79 Å². The minimum atomic E-state index is -1.29. The topological polar surface area (TPSA) is 99.3 Å². The van der Waals surface area contributed by atoms with Crippen LogP contribution < -0.4 is 10.9 Å². The van der Waals surface area contributed by atoms with Gasteiger partial charge in [0.1, 0.15) is 5.54 Å². The van der Waals surface area contributed by atoms with E-state index in [2.05, 4.69) is 10.3 Å². The van der Waals surface area contributed by atoms with E-state index in [4.69, 9.17) is 0 Å². The number of aromatic amines is 1. The second-order valence-corrected chi connectivity index (χ2v) is 3.99. The highest BCUT2D eigenvalue weighted by Gasteiger charge is 2.36. The van der Waals surface area contributed by atoms with Crippen LogP contribution in [0.15, 0.2) is 23.1 Å². The molecule has 6 heteroatoms. The molecule has 1 aromatic rings. The second-order valence-electron chi connectivity index (χ2n) is 3.99. The SMILES string of the molecule is CCC(CC)(NC(=O)c1cc[nH]c(=O)c1)C(=O)O. The van der Waals surface area contributed by atoms with Crippen molar-refractivity contribution in [2.24, 2.45) is 0 Å². The summed E-state index contributed by atoms with van der Waals surface area (Å²) >= 11 is 0. The molecule has 0 atom stereocenters. The Bertz CT molecular complexity index is 503. The summed E-state index contributed by atoms with van der Waals surface area (Å²) in [5, 5.41) is 11.7. The van der Waals surface area contributed by atoms with Crippen LogP contribution in [0.25, 0.3) is 0 Å². The molecule has 0 bridgehead atoms. The van der Waals surface area contributed by atoms with Gasteiger partial charge in [-0.15, -0.1) is 0 Å². The van der Waals surface area contributed by atoms with Crippen LogP contribution >= 0.6 is 0 Å². The lowest BCUT2D eigenvalue weighted by molar-refractivity contribution is -0.144. The van der Waals surface area contributed by atoms with Gasteiger partial charge < -0.3 is 15.4 Å². The monoisotopic (exact) mass is 252 g/mol. The van der Waals surface area contributed by atoms with E-state index >= 15 is 0 Å². The van der Waals surface area contributed by atoms with Crippen LogP contribution in [0.3, 0.4) is 0 Å². The number of carboxylic acids is 1. The third kappa shape index (κ3) is 2.77. The second kappa shape index (κ2) is 5.48. The maximum atomic E-state index is 11.9. The lowest BCUT2D eigenvalue weighted by Crippen LogP contribution is -2.53. The number of aliphatic carboxylic acids is 1. The Morgan fingerprint density at radius 3 is 2.44 bits per heavy atom. The van der Waals surface area contributed by atoms with Crippen LogP contribution in [0, 0.1) is 0 Å². The maximum absolute atomic E-state index is 11.9. The van der Waals surface area contributed by atoms with Gasteiger partial charge in [0.2, 0.25) is 5.56 Å². The highest BCUT2D eigenvalue weighted by Crippen LogP contribution is 2.16. The van der Waals surface area contributed by atoms with E-state index in [0.717, 1.165) is 6.07 Å². The summed E-state index contributed by atoms with van der Waals surface area (Å²) in [5.41, 5.74) is -1.55.